The number of Topliss-reactive ketones (excluding diaryl/α,β-unsaturated/α-hetero) is 1. The van der Waals surface area contributed by atoms with Crippen molar-refractivity contribution in [3.05, 3.63) is 29.8 Å². The van der Waals surface area contributed by atoms with Crippen molar-refractivity contribution in [2.24, 2.45) is 0 Å². The monoisotopic (exact) mass is 254 g/mol. The molecule has 1 heterocycles. The molecule has 0 bridgehead atoms. The fourth-order valence-electron chi connectivity index (χ4n) is 1.14. The molecule has 1 amide bonds. The quantitative estimate of drug-likeness (QED) is 0.837. The van der Waals surface area contributed by atoms with Gasteiger partial charge in [-0.3, -0.25) is 4.79 Å². The molecule has 6 heteroatoms. The van der Waals surface area contributed by atoms with Crippen LogP contribution >= 0.6 is 0 Å². The molecule has 0 saturated carbocycles. The highest BCUT2D eigenvalue weighted by Crippen LogP contribution is 2.07. The zero-order chi connectivity index (χ0) is 13.8. The molecule has 0 atom stereocenters. The Balaban J connectivity index is 2.52. The van der Waals surface area contributed by atoms with Gasteiger partial charge in [0, 0.05) is 6.20 Å². The zero-order valence-corrected chi connectivity index (χ0v) is 10.5. The van der Waals surface area contributed by atoms with Crippen molar-refractivity contribution in [2.75, 3.05) is 6.54 Å². The lowest BCUT2D eigenvalue weighted by atomic mass is 10.2. The van der Waals surface area contributed by atoms with E-state index in [2.05, 4.69) is 10.3 Å². The Labute approximate surface area is 104 Å². The van der Waals surface area contributed by atoms with Crippen LogP contribution in [0.1, 0.15) is 31.3 Å². The fourth-order valence-corrected chi connectivity index (χ4v) is 1.14. The van der Waals surface area contributed by atoms with E-state index >= 15 is 0 Å². The number of nitrogens with one attached hydrogen (secondary N) is 1. The number of nitrogens with zero attached hydrogens (tertiary/aromatic N) is 1. The van der Waals surface area contributed by atoms with Crippen molar-refractivity contribution in [2.45, 2.75) is 26.4 Å². The fraction of sp³-hybridized carbons (Fsp3) is 0.417. The van der Waals surface area contributed by atoms with Gasteiger partial charge in [0.1, 0.15) is 11.3 Å². The largest absolute Gasteiger partial charge is 0.444 e. The van der Waals surface area contributed by atoms with Crippen LogP contribution in [0, 0.1) is 5.82 Å². The first-order chi connectivity index (χ1) is 8.29. The summed E-state index contributed by atoms with van der Waals surface area (Å²) in [5, 5.41) is 2.25. The van der Waals surface area contributed by atoms with Crippen molar-refractivity contribution in [3.63, 3.8) is 0 Å². The van der Waals surface area contributed by atoms with E-state index in [9.17, 15) is 14.0 Å². The molecule has 0 aliphatic rings. The molecule has 0 aliphatic carbocycles. The molecule has 18 heavy (non-hydrogen) atoms. The lowest BCUT2D eigenvalue weighted by Crippen LogP contribution is -2.35. The SMILES string of the molecule is CC(C)(C)OC(=O)NCC(=O)c1ncccc1F. The van der Waals surface area contributed by atoms with Gasteiger partial charge in [-0.05, 0) is 32.9 Å². The molecule has 98 valence electrons. The molecule has 0 saturated heterocycles. The third kappa shape index (κ3) is 4.48. The summed E-state index contributed by atoms with van der Waals surface area (Å²) in [4.78, 5) is 26.5. The van der Waals surface area contributed by atoms with Crippen LogP contribution in [-0.4, -0.2) is 29.0 Å². The summed E-state index contributed by atoms with van der Waals surface area (Å²) < 4.78 is 18.1. The molecule has 1 aromatic heterocycles. The number of carbonyl (C=O) groups excluding carboxylic acids is 2. The van der Waals surface area contributed by atoms with Crippen LogP contribution in [0.3, 0.4) is 0 Å². The van der Waals surface area contributed by atoms with Crippen LogP contribution < -0.4 is 5.32 Å². The molecule has 0 aromatic carbocycles. The normalized spacial score (nSPS) is 10.9. The Morgan fingerprint density at radius 2 is 2.11 bits per heavy atom. The summed E-state index contributed by atoms with van der Waals surface area (Å²) in [5.74, 6) is -1.33. The van der Waals surface area contributed by atoms with Gasteiger partial charge in [0.2, 0.25) is 5.78 Å². The number of aromatic nitrogens is 1. The number of amides is 1. The average molecular weight is 254 g/mol. The number of halogens is 1. The second-order valence-electron chi connectivity index (χ2n) is 4.61. The molecule has 5 nitrogen and oxygen atoms in total. The average Bonchev–Trinajstić information content (AvgIpc) is 2.24. The standard InChI is InChI=1S/C12H15FN2O3/c1-12(2,3)18-11(17)15-7-9(16)10-8(13)5-4-6-14-10/h4-6H,7H2,1-3H3,(H,15,17). The third-order valence-electron chi connectivity index (χ3n) is 1.81. The van der Waals surface area contributed by atoms with Crippen molar-refractivity contribution in [3.8, 4) is 0 Å². The summed E-state index contributed by atoms with van der Waals surface area (Å²) in [6.07, 6.45) is 0.580. The number of hydrogen-bond acceptors (Lipinski definition) is 4. The van der Waals surface area contributed by atoms with Gasteiger partial charge in [-0.1, -0.05) is 0 Å². The molecular weight excluding hydrogens is 239 g/mol. The van der Waals surface area contributed by atoms with Gasteiger partial charge in [0.25, 0.3) is 0 Å². The number of rotatable bonds is 3. The number of carbonyl (C=O) groups is 2. The molecule has 1 aromatic rings. The minimum atomic E-state index is -0.729. The number of ketones is 1. The predicted octanol–water partition coefficient (Wildman–Crippen LogP) is 1.93. The first-order valence-electron chi connectivity index (χ1n) is 5.40. The van der Waals surface area contributed by atoms with Crippen LogP contribution in [-0.2, 0) is 4.74 Å². The van der Waals surface area contributed by atoms with E-state index in [1.165, 1.54) is 12.3 Å². The molecule has 0 aliphatic heterocycles. The van der Waals surface area contributed by atoms with E-state index in [-0.39, 0.29) is 12.2 Å². The van der Waals surface area contributed by atoms with Crippen molar-refractivity contribution >= 4 is 11.9 Å². The zero-order valence-electron chi connectivity index (χ0n) is 10.5. The predicted molar refractivity (Wildman–Crippen MR) is 62.8 cm³/mol. The maximum absolute atomic E-state index is 13.2. The maximum atomic E-state index is 13.2. The minimum Gasteiger partial charge on any atom is -0.444 e. The van der Waals surface area contributed by atoms with E-state index in [0.717, 1.165) is 6.07 Å². The topological polar surface area (TPSA) is 68.3 Å². The Bertz CT molecular complexity index is 455. The Morgan fingerprint density at radius 3 is 2.67 bits per heavy atom. The van der Waals surface area contributed by atoms with Gasteiger partial charge in [0.05, 0.1) is 6.54 Å². The number of pyridine rings is 1. The molecule has 1 N–H and O–H groups in total. The van der Waals surface area contributed by atoms with Crippen LogP contribution in [0.5, 0.6) is 0 Å². The molecular formula is C12H15FN2O3. The summed E-state index contributed by atoms with van der Waals surface area (Å²) in [7, 11) is 0. The van der Waals surface area contributed by atoms with Crippen molar-refractivity contribution < 1.29 is 18.7 Å². The van der Waals surface area contributed by atoms with Gasteiger partial charge in [-0.2, -0.15) is 0 Å². The lowest BCUT2D eigenvalue weighted by molar-refractivity contribution is 0.0520. The van der Waals surface area contributed by atoms with E-state index in [4.69, 9.17) is 4.74 Å². The summed E-state index contributed by atoms with van der Waals surface area (Å²) in [6.45, 7) is 4.75. The van der Waals surface area contributed by atoms with Crippen LogP contribution in [0.2, 0.25) is 0 Å². The first kappa shape index (κ1) is 14.1. The molecule has 0 fully saturated rings. The highest BCUT2D eigenvalue weighted by atomic mass is 19.1. The summed E-state index contributed by atoms with van der Waals surface area (Å²) >= 11 is 0. The highest BCUT2D eigenvalue weighted by molar-refractivity contribution is 5.97. The number of alkyl carbamates (subject to hydrolysis) is 1. The summed E-state index contributed by atoms with van der Waals surface area (Å²) in [6, 6.07) is 2.51. The Kier molecular flexibility index (Phi) is 4.36. The van der Waals surface area contributed by atoms with E-state index < -0.39 is 23.3 Å². The summed E-state index contributed by atoms with van der Waals surface area (Å²) in [5.41, 5.74) is -0.947. The second-order valence-corrected chi connectivity index (χ2v) is 4.61. The number of hydrogen-bond donors (Lipinski definition) is 1. The van der Waals surface area contributed by atoms with E-state index in [1.54, 1.807) is 20.8 Å². The second kappa shape index (κ2) is 5.57. The molecule has 0 radical (unpaired) electrons. The molecule has 0 spiro atoms. The van der Waals surface area contributed by atoms with Gasteiger partial charge in [0.15, 0.2) is 5.82 Å². The first-order valence-corrected chi connectivity index (χ1v) is 5.40. The Morgan fingerprint density at radius 1 is 1.44 bits per heavy atom. The minimum absolute atomic E-state index is 0.298. The highest BCUT2D eigenvalue weighted by Gasteiger charge is 2.18. The van der Waals surface area contributed by atoms with Crippen LogP contribution in [0.25, 0.3) is 0 Å². The third-order valence-corrected chi connectivity index (χ3v) is 1.81. The van der Waals surface area contributed by atoms with E-state index in [0.29, 0.717) is 0 Å². The smallest absolute Gasteiger partial charge is 0.408 e. The van der Waals surface area contributed by atoms with Gasteiger partial charge < -0.3 is 10.1 Å². The maximum Gasteiger partial charge on any atom is 0.408 e. The Hall–Kier alpha value is -1.98. The van der Waals surface area contributed by atoms with Gasteiger partial charge in [-0.15, -0.1) is 0 Å². The van der Waals surface area contributed by atoms with Crippen molar-refractivity contribution in [1.82, 2.24) is 10.3 Å². The van der Waals surface area contributed by atoms with Gasteiger partial charge >= 0.3 is 6.09 Å². The molecule has 0 unspecified atom stereocenters. The van der Waals surface area contributed by atoms with E-state index in [1.807, 2.05) is 0 Å². The molecule has 1 rings (SSSR count). The van der Waals surface area contributed by atoms with Crippen molar-refractivity contribution in [1.29, 1.82) is 0 Å². The van der Waals surface area contributed by atoms with Crippen LogP contribution in [0.15, 0.2) is 18.3 Å². The van der Waals surface area contributed by atoms with Crippen LogP contribution in [0.4, 0.5) is 9.18 Å². The lowest BCUT2D eigenvalue weighted by Gasteiger charge is -2.19. The number of ether oxygens (including phenoxy) is 1. The van der Waals surface area contributed by atoms with Gasteiger partial charge in [-0.25, -0.2) is 14.2 Å².